The van der Waals surface area contributed by atoms with Gasteiger partial charge in [-0.15, -0.1) is 0 Å². The van der Waals surface area contributed by atoms with Crippen molar-refractivity contribution in [2.24, 2.45) is 0 Å². The Labute approximate surface area is 181 Å². The van der Waals surface area contributed by atoms with Gasteiger partial charge in [0.2, 0.25) is 0 Å². The maximum absolute atomic E-state index is 4.63. The zero-order valence-electron chi connectivity index (χ0n) is 17.8. The molecular weight excluding hydrogens is 382 g/mol. The highest BCUT2D eigenvalue weighted by atomic mass is 15.2. The molecule has 5 nitrogen and oxygen atoms in total. The Morgan fingerprint density at radius 2 is 1.45 bits per heavy atom. The molecule has 3 aromatic carbocycles. The van der Waals surface area contributed by atoms with Crippen molar-refractivity contribution in [3.05, 3.63) is 102 Å². The van der Waals surface area contributed by atoms with Crippen LogP contribution in [0.2, 0.25) is 0 Å². The van der Waals surface area contributed by atoms with Gasteiger partial charge in [0.05, 0.1) is 11.9 Å². The molecule has 2 heterocycles. The lowest BCUT2D eigenvalue weighted by molar-refractivity contribution is 0.984. The monoisotopic (exact) mass is 405 g/mol. The van der Waals surface area contributed by atoms with E-state index in [1.807, 2.05) is 6.92 Å². The molecule has 0 saturated heterocycles. The van der Waals surface area contributed by atoms with E-state index in [2.05, 4.69) is 111 Å². The Kier molecular flexibility index (Phi) is 4.71. The Hall–Kier alpha value is -3.99. The fourth-order valence-electron chi connectivity index (χ4n) is 4.06. The summed E-state index contributed by atoms with van der Waals surface area (Å²) in [5, 5.41) is 0. The number of imidazole rings is 1. The number of aromatic nitrogens is 4. The summed E-state index contributed by atoms with van der Waals surface area (Å²) in [6.07, 6.45) is 3.32. The number of aryl methyl sites for hydroxylation is 3. The Morgan fingerprint density at radius 3 is 2.13 bits per heavy atom. The van der Waals surface area contributed by atoms with E-state index in [1.165, 1.54) is 11.1 Å². The van der Waals surface area contributed by atoms with E-state index in [0.29, 0.717) is 0 Å². The topological polar surface area (TPSA) is 46.8 Å². The summed E-state index contributed by atoms with van der Waals surface area (Å²) in [7, 11) is 0. The third-order valence-electron chi connectivity index (χ3n) is 5.55. The minimum absolute atomic E-state index is 0.792. The Morgan fingerprint density at radius 1 is 0.774 bits per heavy atom. The molecule has 0 atom stereocenters. The molecule has 2 aromatic heterocycles. The van der Waals surface area contributed by atoms with E-state index in [-0.39, 0.29) is 0 Å². The standard InChI is InChI=1S/C26H23N5/c1-18-9-4-6-13-24(18)31(25-14-7-5-10-19(25)2)22-12-8-11-21(15-22)30-20(3)29-23-16-27-17-28-26(23)30/h4-17H,1-3H3. The second kappa shape index (κ2) is 7.69. The fourth-order valence-corrected chi connectivity index (χ4v) is 4.06. The van der Waals surface area contributed by atoms with E-state index in [0.717, 1.165) is 39.7 Å². The van der Waals surface area contributed by atoms with E-state index in [9.17, 15) is 0 Å². The van der Waals surface area contributed by atoms with Gasteiger partial charge in [0.15, 0.2) is 5.65 Å². The highest BCUT2D eigenvalue weighted by molar-refractivity contribution is 5.81. The van der Waals surface area contributed by atoms with Crippen molar-refractivity contribution in [3.63, 3.8) is 0 Å². The third kappa shape index (κ3) is 3.34. The van der Waals surface area contributed by atoms with Crippen molar-refractivity contribution >= 4 is 28.2 Å². The van der Waals surface area contributed by atoms with Crippen molar-refractivity contribution in [2.45, 2.75) is 20.8 Å². The SMILES string of the molecule is Cc1ccccc1N(c1cccc(-n2c(C)nc3cncnc32)c1)c1ccccc1C. The van der Waals surface area contributed by atoms with Crippen molar-refractivity contribution in [2.75, 3.05) is 4.90 Å². The van der Waals surface area contributed by atoms with Crippen molar-refractivity contribution in [1.29, 1.82) is 0 Å². The van der Waals surface area contributed by atoms with Gasteiger partial charge >= 0.3 is 0 Å². The minimum Gasteiger partial charge on any atom is -0.310 e. The molecule has 0 radical (unpaired) electrons. The second-order valence-electron chi connectivity index (χ2n) is 7.65. The molecule has 0 N–H and O–H groups in total. The molecule has 0 aliphatic heterocycles. The molecule has 152 valence electrons. The zero-order valence-corrected chi connectivity index (χ0v) is 17.8. The van der Waals surface area contributed by atoms with Gasteiger partial charge in [0, 0.05) is 17.1 Å². The smallest absolute Gasteiger partial charge is 0.167 e. The van der Waals surface area contributed by atoms with Gasteiger partial charge in [0.25, 0.3) is 0 Å². The van der Waals surface area contributed by atoms with Crippen LogP contribution in [0.4, 0.5) is 17.1 Å². The average Bonchev–Trinajstić information content (AvgIpc) is 3.12. The largest absolute Gasteiger partial charge is 0.310 e. The van der Waals surface area contributed by atoms with Crippen LogP contribution in [-0.2, 0) is 0 Å². The fraction of sp³-hybridized carbons (Fsp3) is 0.115. The average molecular weight is 406 g/mol. The summed E-state index contributed by atoms with van der Waals surface area (Å²) in [5.41, 5.74) is 8.44. The molecule has 0 amide bonds. The van der Waals surface area contributed by atoms with Gasteiger partial charge in [-0.3, -0.25) is 4.57 Å². The number of anilines is 3. The van der Waals surface area contributed by atoms with Gasteiger partial charge in [-0.05, 0) is 62.2 Å². The minimum atomic E-state index is 0.792. The van der Waals surface area contributed by atoms with E-state index in [4.69, 9.17) is 0 Å². The summed E-state index contributed by atoms with van der Waals surface area (Å²) in [6, 6.07) is 25.5. The number of para-hydroxylation sites is 2. The molecular formula is C26H23N5. The molecule has 0 saturated carbocycles. The second-order valence-corrected chi connectivity index (χ2v) is 7.65. The van der Waals surface area contributed by atoms with Gasteiger partial charge < -0.3 is 4.90 Å². The number of hydrogen-bond donors (Lipinski definition) is 0. The predicted molar refractivity (Wildman–Crippen MR) is 126 cm³/mol. The molecule has 5 aromatic rings. The van der Waals surface area contributed by atoms with Crippen LogP contribution in [0.3, 0.4) is 0 Å². The summed E-state index contributed by atoms with van der Waals surface area (Å²) in [4.78, 5) is 15.5. The van der Waals surface area contributed by atoms with Crippen LogP contribution in [0.15, 0.2) is 85.3 Å². The molecule has 0 fully saturated rings. The predicted octanol–water partition coefficient (Wildman–Crippen LogP) is 6.21. The summed E-state index contributed by atoms with van der Waals surface area (Å²) < 4.78 is 2.08. The number of fused-ring (bicyclic) bond motifs is 1. The maximum atomic E-state index is 4.63. The summed E-state index contributed by atoms with van der Waals surface area (Å²) in [5.74, 6) is 0.881. The summed E-state index contributed by atoms with van der Waals surface area (Å²) >= 11 is 0. The number of nitrogens with zero attached hydrogens (tertiary/aromatic N) is 5. The Balaban J connectivity index is 1.73. The molecule has 0 aliphatic rings. The van der Waals surface area contributed by atoms with Crippen LogP contribution < -0.4 is 4.90 Å². The number of hydrogen-bond acceptors (Lipinski definition) is 4. The van der Waals surface area contributed by atoms with Crippen LogP contribution in [0.25, 0.3) is 16.9 Å². The number of rotatable bonds is 4. The first-order valence-electron chi connectivity index (χ1n) is 10.3. The van der Waals surface area contributed by atoms with Crippen LogP contribution >= 0.6 is 0 Å². The van der Waals surface area contributed by atoms with Crippen molar-refractivity contribution in [3.8, 4) is 5.69 Å². The lowest BCUT2D eigenvalue weighted by Crippen LogP contribution is -2.13. The first-order valence-corrected chi connectivity index (χ1v) is 10.3. The zero-order chi connectivity index (χ0) is 21.4. The normalized spacial score (nSPS) is 11.1. The molecule has 0 spiro atoms. The van der Waals surface area contributed by atoms with Crippen LogP contribution in [-0.4, -0.2) is 19.5 Å². The van der Waals surface area contributed by atoms with Crippen molar-refractivity contribution < 1.29 is 0 Å². The highest BCUT2D eigenvalue weighted by Crippen LogP contribution is 2.38. The highest BCUT2D eigenvalue weighted by Gasteiger charge is 2.18. The first kappa shape index (κ1) is 19.0. The molecule has 5 rings (SSSR count). The van der Waals surface area contributed by atoms with Crippen LogP contribution in [0.5, 0.6) is 0 Å². The molecule has 0 bridgehead atoms. The third-order valence-corrected chi connectivity index (χ3v) is 5.55. The van der Waals surface area contributed by atoms with Crippen LogP contribution in [0.1, 0.15) is 17.0 Å². The van der Waals surface area contributed by atoms with Gasteiger partial charge in [-0.2, -0.15) is 0 Å². The number of benzene rings is 3. The van der Waals surface area contributed by atoms with E-state index >= 15 is 0 Å². The van der Waals surface area contributed by atoms with Gasteiger partial charge in [0.1, 0.15) is 17.7 Å². The lowest BCUT2D eigenvalue weighted by Gasteiger charge is -2.28. The summed E-state index contributed by atoms with van der Waals surface area (Å²) in [6.45, 7) is 6.29. The lowest BCUT2D eigenvalue weighted by atomic mass is 10.1. The maximum Gasteiger partial charge on any atom is 0.167 e. The first-order chi connectivity index (χ1) is 15.1. The van der Waals surface area contributed by atoms with Crippen LogP contribution in [0, 0.1) is 20.8 Å². The van der Waals surface area contributed by atoms with Gasteiger partial charge in [-0.1, -0.05) is 42.5 Å². The quantitative estimate of drug-likeness (QED) is 0.357. The molecule has 0 aliphatic carbocycles. The molecule has 31 heavy (non-hydrogen) atoms. The van der Waals surface area contributed by atoms with E-state index < -0.39 is 0 Å². The van der Waals surface area contributed by atoms with Crippen molar-refractivity contribution in [1.82, 2.24) is 19.5 Å². The Bertz CT molecular complexity index is 1340. The van der Waals surface area contributed by atoms with E-state index in [1.54, 1.807) is 12.5 Å². The molecule has 5 heteroatoms. The van der Waals surface area contributed by atoms with Gasteiger partial charge in [-0.25, -0.2) is 15.0 Å². The molecule has 0 unspecified atom stereocenters.